The number of hydrogen-bond donors (Lipinski definition) is 1. The highest BCUT2D eigenvalue weighted by atomic mass is 35.5. The topological polar surface area (TPSA) is 66.6 Å². The van der Waals surface area contributed by atoms with E-state index in [-0.39, 0.29) is 24.2 Å². The number of anilines is 1. The summed E-state index contributed by atoms with van der Waals surface area (Å²) in [6, 6.07) is 15.8. The second-order valence-electron chi connectivity index (χ2n) is 6.73. The Morgan fingerprint density at radius 3 is 2.41 bits per heavy atom. The molecule has 0 aromatic heterocycles. The minimum absolute atomic E-state index is 0. The van der Waals surface area contributed by atoms with Crippen LogP contribution in [0.4, 0.5) is 5.69 Å². The molecule has 2 aromatic carbocycles. The number of para-hydroxylation sites is 1. The van der Waals surface area contributed by atoms with E-state index in [9.17, 15) is 9.59 Å². The maximum atomic E-state index is 13.0. The zero-order valence-electron chi connectivity index (χ0n) is 15.3. The minimum Gasteiger partial charge on any atom is -0.332 e. The summed E-state index contributed by atoms with van der Waals surface area (Å²) in [6.07, 6.45) is 0.539. The lowest BCUT2D eigenvalue weighted by Crippen LogP contribution is -2.54. The number of halogens is 2. The van der Waals surface area contributed by atoms with E-state index < -0.39 is 11.6 Å². The van der Waals surface area contributed by atoms with Crippen molar-refractivity contribution in [1.29, 1.82) is 0 Å². The van der Waals surface area contributed by atoms with Crippen LogP contribution in [-0.2, 0) is 15.1 Å². The van der Waals surface area contributed by atoms with Gasteiger partial charge in [-0.3, -0.25) is 9.59 Å². The first-order chi connectivity index (χ1) is 12.3. The summed E-state index contributed by atoms with van der Waals surface area (Å²) in [5.41, 5.74) is 6.51. The number of carbonyl (C=O) groups is 2. The summed E-state index contributed by atoms with van der Waals surface area (Å²) in [5.74, 6) is -0.430. The SMILES string of the molecule is CN(C(=O)C(C)(N)c1ccccc1)C1CCN(c2ccccc2Cl)C1=O.Cl. The van der Waals surface area contributed by atoms with E-state index in [4.69, 9.17) is 17.3 Å². The number of nitrogens with zero attached hydrogens (tertiary/aromatic N) is 2. The molecule has 1 fully saturated rings. The standard InChI is InChI=1S/C20H22ClN3O2.ClH/c1-20(22,14-8-4-3-5-9-14)19(26)23(2)17-12-13-24(18(17)25)16-11-7-6-10-15(16)21;/h3-11,17H,12-13,22H2,1-2H3;1H. The van der Waals surface area contributed by atoms with Gasteiger partial charge in [0.1, 0.15) is 11.6 Å². The summed E-state index contributed by atoms with van der Waals surface area (Å²) in [6.45, 7) is 2.18. The Kier molecular flexibility index (Phi) is 6.52. The van der Waals surface area contributed by atoms with Crippen LogP contribution in [0.25, 0.3) is 0 Å². The van der Waals surface area contributed by atoms with Crippen LogP contribution >= 0.6 is 24.0 Å². The molecule has 0 saturated carbocycles. The Labute approximate surface area is 170 Å². The van der Waals surface area contributed by atoms with Crippen LogP contribution in [0.3, 0.4) is 0 Å². The van der Waals surface area contributed by atoms with E-state index in [1.807, 2.05) is 42.5 Å². The Morgan fingerprint density at radius 1 is 1.19 bits per heavy atom. The lowest BCUT2D eigenvalue weighted by Gasteiger charge is -2.32. The lowest BCUT2D eigenvalue weighted by molar-refractivity contribution is -0.141. The molecule has 2 N–H and O–H groups in total. The van der Waals surface area contributed by atoms with Gasteiger partial charge in [0.05, 0.1) is 10.7 Å². The quantitative estimate of drug-likeness (QED) is 0.845. The molecule has 0 spiro atoms. The van der Waals surface area contributed by atoms with Crippen LogP contribution < -0.4 is 10.6 Å². The maximum Gasteiger partial charge on any atom is 0.249 e. The van der Waals surface area contributed by atoms with Gasteiger partial charge in [0.15, 0.2) is 0 Å². The van der Waals surface area contributed by atoms with Crippen LogP contribution in [0.5, 0.6) is 0 Å². The van der Waals surface area contributed by atoms with Gasteiger partial charge in [0.2, 0.25) is 11.8 Å². The number of rotatable bonds is 4. The fourth-order valence-electron chi connectivity index (χ4n) is 3.35. The number of benzene rings is 2. The van der Waals surface area contributed by atoms with Crippen molar-refractivity contribution in [2.45, 2.75) is 24.9 Å². The maximum absolute atomic E-state index is 13.0. The first-order valence-electron chi connectivity index (χ1n) is 8.51. The smallest absolute Gasteiger partial charge is 0.249 e. The second-order valence-corrected chi connectivity index (χ2v) is 7.14. The van der Waals surface area contributed by atoms with Gasteiger partial charge in [-0.15, -0.1) is 12.4 Å². The Bertz CT molecular complexity index is 827. The fourth-order valence-corrected chi connectivity index (χ4v) is 3.59. The average Bonchev–Trinajstić information content (AvgIpc) is 3.03. The molecule has 2 unspecified atom stereocenters. The van der Waals surface area contributed by atoms with Crippen LogP contribution in [0.15, 0.2) is 54.6 Å². The van der Waals surface area contributed by atoms with Crippen LogP contribution in [0, 0.1) is 0 Å². The molecule has 27 heavy (non-hydrogen) atoms. The molecular formula is C20H23Cl2N3O2. The van der Waals surface area contributed by atoms with Gasteiger partial charge < -0.3 is 15.5 Å². The van der Waals surface area contributed by atoms with Gasteiger partial charge in [-0.05, 0) is 31.0 Å². The molecule has 3 rings (SSSR count). The Hall–Kier alpha value is -2.08. The number of likely N-dealkylation sites (N-methyl/N-ethyl adjacent to an activating group) is 1. The number of carbonyl (C=O) groups excluding carboxylic acids is 2. The summed E-state index contributed by atoms with van der Waals surface area (Å²) < 4.78 is 0. The van der Waals surface area contributed by atoms with E-state index in [1.165, 1.54) is 4.90 Å². The molecule has 2 amide bonds. The van der Waals surface area contributed by atoms with E-state index in [1.54, 1.807) is 31.0 Å². The van der Waals surface area contributed by atoms with Crippen molar-refractivity contribution in [2.24, 2.45) is 5.73 Å². The van der Waals surface area contributed by atoms with Crippen LogP contribution in [0.1, 0.15) is 18.9 Å². The summed E-state index contributed by atoms with van der Waals surface area (Å²) in [5, 5.41) is 0.517. The molecule has 2 aromatic rings. The van der Waals surface area contributed by atoms with Gasteiger partial charge in [-0.25, -0.2) is 0 Å². The summed E-state index contributed by atoms with van der Waals surface area (Å²) in [7, 11) is 1.63. The number of nitrogens with two attached hydrogens (primary N) is 1. The fraction of sp³-hybridized carbons (Fsp3) is 0.300. The molecule has 1 aliphatic heterocycles. The summed E-state index contributed by atoms with van der Waals surface area (Å²) in [4.78, 5) is 29.0. The highest BCUT2D eigenvalue weighted by Gasteiger charge is 2.42. The van der Waals surface area contributed by atoms with Gasteiger partial charge in [-0.2, -0.15) is 0 Å². The van der Waals surface area contributed by atoms with Crippen molar-refractivity contribution in [3.8, 4) is 0 Å². The molecule has 2 atom stereocenters. The van der Waals surface area contributed by atoms with Crippen molar-refractivity contribution < 1.29 is 9.59 Å². The molecule has 1 aliphatic rings. The van der Waals surface area contributed by atoms with E-state index in [0.29, 0.717) is 29.2 Å². The van der Waals surface area contributed by atoms with Gasteiger partial charge in [0, 0.05) is 13.6 Å². The average molecular weight is 408 g/mol. The Morgan fingerprint density at radius 2 is 1.78 bits per heavy atom. The molecule has 0 bridgehead atoms. The first kappa shape index (κ1) is 21.2. The molecule has 7 heteroatoms. The van der Waals surface area contributed by atoms with Crippen LogP contribution in [0.2, 0.25) is 5.02 Å². The zero-order chi connectivity index (χ0) is 18.9. The number of amides is 2. The molecule has 1 saturated heterocycles. The van der Waals surface area contributed by atoms with E-state index >= 15 is 0 Å². The third-order valence-corrected chi connectivity index (χ3v) is 5.25. The third kappa shape index (κ3) is 3.95. The molecule has 0 radical (unpaired) electrons. The van der Waals surface area contributed by atoms with Crippen molar-refractivity contribution in [3.05, 3.63) is 65.2 Å². The Balaban J connectivity index is 0.00000261. The highest BCUT2D eigenvalue weighted by Crippen LogP contribution is 2.31. The van der Waals surface area contributed by atoms with Crippen LogP contribution in [-0.4, -0.2) is 36.3 Å². The largest absolute Gasteiger partial charge is 0.332 e. The second kappa shape index (κ2) is 8.30. The predicted octanol–water partition coefficient (Wildman–Crippen LogP) is 3.20. The number of hydrogen-bond acceptors (Lipinski definition) is 3. The minimum atomic E-state index is -1.20. The monoisotopic (exact) mass is 407 g/mol. The first-order valence-corrected chi connectivity index (χ1v) is 8.89. The van der Waals surface area contributed by atoms with Crippen molar-refractivity contribution >= 4 is 41.5 Å². The molecule has 0 aliphatic carbocycles. The third-order valence-electron chi connectivity index (χ3n) is 4.93. The molecule has 5 nitrogen and oxygen atoms in total. The highest BCUT2D eigenvalue weighted by molar-refractivity contribution is 6.34. The van der Waals surface area contributed by atoms with Crippen molar-refractivity contribution in [3.63, 3.8) is 0 Å². The summed E-state index contributed by atoms with van der Waals surface area (Å²) >= 11 is 6.22. The van der Waals surface area contributed by atoms with Gasteiger partial charge >= 0.3 is 0 Å². The predicted molar refractivity (Wildman–Crippen MR) is 110 cm³/mol. The van der Waals surface area contributed by atoms with Crippen molar-refractivity contribution in [1.82, 2.24) is 4.90 Å². The molecular weight excluding hydrogens is 385 g/mol. The van der Waals surface area contributed by atoms with Crippen molar-refractivity contribution in [2.75, 3.05) is 18.5 Å². The zero-order valence-corrected chi connectivity index (χ0v) is 16.8. The molecule has 1 heterocycles. The molecule has 144 valence electrons. The lowest BCUT2D eigenvalue weighted by atomic mass is 9.91. The normalized spacial score (nSPS) is 18.6. The van der Waals surface area contributed by atoms with Gasteiger partial charge in [-0.1, -0.05) is 54.1 Å². The van der Waals surface area contributed by atoms with E-state index in [2.05, 4.69) is 0 Å². The van der Waals surface area contributed by atoms with E-state index in [0.717, 1.165) is 0 Å². The van der Waals surface area contributed by atoms with Gasteiger partial charge in [0.25, 0.3) is 0 Å².